The topological polar surface area (TPSA) is 75.7 Å². The van der Waals surface area contributed by atoms with Crippen molar-refractivity contribution < 1.29 is 17.9 Å². The van der Waals surface area contributed by atoms with Gasteiger partial charge in [-0.05, 0) is 104 Å². The first-order valence-electron chi connectivity index (χ1n) is 12.5. The standard InChI is InChI=1S/C27H32N2O4S/c30-26(22-1-7-25(8-2-22)34(31,32)29-9-11-33-12-10-29)28-24-5-3-23(4-6-24)27-16-19-13-20(17-27)15-21(14-19)18-27/h1-8,19-21H,9-18H2,(H,28,30). The predicted octanol–water partition coefficient (Wildman–Crippen LogP) is 4.43. The van der Waals surface area contributed by atoms with Crippen molar-refractivity contribution in [2.75, 3.05) is 31.6 Å². The van der Waals surface area contributed by atoms with Crippen molar-refractivity contribution in [2.24, 2.45) is 17.8 Å². The summed E-state index contributed by atoms with van der Waals surface area (Å²) >= 11 is 0. The maximum absolute atomic E-state index is 12.8. The summed E-state index contributed by atoms with van der Waals surface area (Å²) in [6.07, 6.45) is 8.26. The maximum atomic E-state index is 12.8. The van der Waals surface area contributed by atoms with Crippen molar-refractivity contribution in [1.29, 1.82) is 0 Å². The van der Waals surface area contributed by atoms with Crippen LogP contribution in [0.25, 0.3) is 0 Å². The molecule has 7 rings (SSSR count). The third-order valence-electron chi connectivity index (χ3n) is 8.52. The van der Waals surface area contributed by atoms with E-state index in [2.05, 4.69) is 17.4 Å². The van der Waals surface area contributed by atoms with Crippen LogP contribution >= 0.6 is 0 Å². The fourth-order valence-electron chi connectivity index (χ4n) is 7.29. The molecule has 1 saturated heterocycles. The number of benzene rings is 2. The molecule has 5 fully saturated rings. The van der Waals surface area contributed by atoms with E-state index in [0.717, 1.165) is 23.4 Å². The second-order valence-corrected chi connectivity index (χ2v) is 12.7. The zero-order valence-electron chi connectivity index (χ0n) is 19.4. The zero-order chi connectivity index (χ0) is 23.3. The quantitative estimate of drug-likeness (QED) is 0.687. The lowest BCUT2D eigenvalue weighted by Gasteiger charge is -2.57. The third kappa shape index (κ3) is 3.97. The van der Waals surface area contributed by atoms with Gasteiger partial charge < -0.3 is 10.1 Å². The molecule has 4 bridgehead atoms. The van der Waals surface area contributed by atoms with E-state index >= 15 is 0 Å². The van der Waals surface area contributed by atoms with Crippen LogP contribution in [0.3, 0.4) is 0 Å². The highest BCUT2D eigenvalue weighted by molar-refractivity contribution is 7.89. The van der Waals surface area contributed by atoms with Crippen molar-refractivity contribution in [3.8, 4) is 0 Å². The molecule has 1 N–H and O–H groups in total. The summed E-state index contributed by atoms with van der Waals surface area (Å²) in [6, 6.07) is 14.6. The molecule has 1 amide bonds. The molecule has 5 aliphatic rings. The molecule has 7 heteroatoms. The highest BCUT2D eigenvalue weighted by atomic mass is 32.2. The van der Waals surface area contributed by atoms with Crippen LogP contribution in [-0.2, 0) is 20.2 Å². The van der Waals surface area contributed by atoms with Crippen molar-refractivity contribution in [1.82, 2.24) is 4.31 Å². The molecular formula is C27H32N2O4S. The molecule has 2 aromatic carbocycles. The number of carbonyl (C=O) groups excluding carboxylic acids is 1. The van der Waals surface area contributed by atoms with E-state index in [0.29, 0.717) is 37.3 Å². The van der Waals surface area contributed by atoms with Crippen LogP contribution in [0.1, 0.15) is 54.4 Å². The highest BCUT2D eigenvalue weighted by Gasteiger charge is 2.51. The second-order valence-electron chi connectivity index (χ2n) is 10.8. The van der Waals surface area contributed by atoms with Gasteiger partial charge in [-0.2, -0.15) is 4.31 Å². The summed E-state index contributed by atoms with van der Waals surface area (Å²) in [6.45, 7) is 1.51. The number of morpholine rings is 1. The number of hydrogen-bond donors (Lipinski definition) is 1. The molecule has 180 valence electrons. The SMILES string of the molecule is O=C(Nc1ccc(C23CC4CC(CC(C4)C2)C3)cc1)c1ccc(S(=O)(=O)N2CCOCC2)cc1. The summed E-state index contributed by atoms with van der Waals surface area (Å²) < 4.78 is 32.3. The van der Waals surface area contributed by atoms with E-state index in [4.69, 9.17) is 4.74 Å². The van der Waals surface area contributed by atoms with Gasteiger partial charge >= 0.3 is 0 Å². The van der Waals surface area contributed by atoms with Crippen LogP contribution in [0.4, 0.5) is 5.69 Å². The number of carbonyl (C=O) groups is 1. The summed E-state index contributed by atoms with van der Waals surface area (Å²) in [5, 5.41) is 2.97. The fraction of sp³-hybridized carbons (Fsp3) is 0.519. The molecule has 4 aliphatic carbocycles. The number of sulfonamides is 1. The molecule has 0 aromatic heterocycles. The molecule has 4 saturated carbocycles. The van der Waals surface area contributed by atoms with E-state index in [1.54, 1.807) is 12.1 Å². The van der Waals surface area contributed by atoms with E-state index < -0.39 is 10.0 Å². The summed E-state index contributed by atoms with van der Waals surface area (Å²) in [7, 11) is -3.57. The minimum atomic E-state index is -3.57. The van der Waals surface area contributed by atoms with Crippen LogP contribution in [0.15, 0.2) is 53.4 Å². The van der Waals surface area contributed by atoms with Gasteiger partial charge in [0.05, 0.1) is 18.1 Å². The number of hydrogen-bond acceptors (Lipinski definition) is 4. The summed E-state index contributed by atoms with van der Waals surface area (Å²) in [5.74, 6) is 2.47. The Hall–Kier alpha value is -2.22. The van der Waals surface area contributed by atoms with Gasteiger partial charge in [0, 0.05) is 24.3 Å². The van der Waals surface area contributed by atoms with Crippen molar-refractivity contribution >= 4 is 21.6 Å². The third-order valence-corrected chi connectivity index (χ3v) is 10.4. The van der Waals surface area contributed by atoms with E-state index in [-0.39, 0.29) is 10.8 Å². The van der Waals surface area contributed by atoms with Crippen molar-refractivity contribution in [3.63, 3.8) is 0 Å². The summed E-state index contributed by atoms with van der Waals surface area (Å²) in [5.41, 5.74) is 2.98. The van der Waals surface area contributed by atoms with Gasteiger partial charge in [0.25, 0.3) is 5.91 Å². The molecule has 2 aromatic rings. The monoisotopic (exact) mass is 480 g/mol. The van der Waals surface area contributed by atoms with E-state index in [1.165, 1.54) is 60.5 Å². The molecule has 0 radical (unpaired) electrons. The predicted molar refractivity (Wildman–Crippen MR) is 130 cm³/mol. The maximum Gasteiger partial charge on any atom is 0.255 e. The molecule has 6 nitrogen and oxygen atoms in total. The Morgan fingerprint density at radius 1 is 0.853 bits per heavy atom. The first kappa shape index (κ1) is 22.3. The van der Waals surface area contributed by atoms with Crippen LogP contribution in [0, 0.1) is 17.8 Å². The number of nitrogens with one attached hydrogen (secondary N) is 1. The molecule has 0 atom stereocenters. The largest absolute Gasteiger partial charge is 0.379 e. The fourth-order valence-corrected chi connectivity index (χ4v) is 8.70. The second kappa shape index (κ2) is 8.47. The lowest BCUT2D eigenvalue weighted by molar-refractivity contribution is -0.00518. The Balaban J connectivity index is 1.13. The van der Waals surface area contributed by atoms with Gasteiger partial charge in [-0.1, -0.05) is 12.1 Å². The first-order chi connectivity index (χ1) is 16.4. The Morgan fingerprint density at radius 3 is 1.97 bits per heavy atom. The number of amides is 1. The van der Waals surface area contributed by atoms with E-state index in [9.17, 15) is 13.2 Å². The van der Waals surface area contributed by atoms with Crippen LogP contribution in [-0.4, -0.2) is 44.9 Å². The average molecular weight is 481 g/mol. The normalized spacial score (nSPS) is 30.9. The summed E-state index contributed by atoms with van der Waals surface area (Å²) in [4.78, 5) is 13.0. The Bertz CT molecular complexity index is 1130. The number of anilines is 1. The molecule has 1 heterocycles. The number of ether oxygens (including phenoxy) is 1. The van der Waals surface area contributed by atoms with Gasteiger partial charge in [0.2, 0.25) is 10.0 Å². The van der Waals surface area contributed by atoms with Crippen LogP contribution in [0.2, 0.25) is 0 Å². The minimum Gasteiger partial charge on any atom is -0.379 e. The smallest absolute Gasteiger partial charge is 0.255 e. The Labute approximate surface area is 201 Å². The van der Waals surface area contributed by atoms with Crippen LogP contribution < -0.4 is 5.32 Å². The number of rotatable bonds is 5. The molecular weight excluding hydrogens is 448 g/mol. The van der Waals surface area contributed by atoms with Gasteiger partial charge in [-0.3, -0.25) is 4.79 Å². The van der Waals surface area contributed by atoms with Crippen molar-refractivity contribution in [3.05, 3.63) is 59.7 Å². The van der Waals surface area contributed by atoms with Gasteiger partial charge in [0.15, 0.2) is 0 Å². The van der Waals surface area contributed by atoms with E-state index in [1.807, 2.05) is 12.1 Å². The minimum absolute atomic E-state index is 0.200. The average Bonchev–Trinajstić information content (AvgIpc) is 2.84. The van der Waals surface area contributed by atoms with Gasteiger partial charge in [0.1, 0.15) is 0 Å². The lowest BCUT2D eigenvalue weighted by Crippen LogP contribution is -2.48. The number of nitrogens with zero attached hydrogens (tertiary/aromatic N) is 1. The van der Waals surface area contributed by atoms with Gasteiger partial charge in [-0.15, -0.1) is 0 Å². The van der Waals surface area contributed by atoms with Crippen molar-refractivity contribution in [2.45, 2.75) is 48.8 Å². The molecule has 1 aliphatic heterocycles. The van der Waals surface area contributed by atoms with Gasteiger partial charge in [-0.25, -0.2) is 8.42 Å². The Kier molecular flexibility index (Phi) is 5.54. The molecule has 34 heavy (non-hydrogen) atoms. The lowest BCUT2D eigenvalue weighted by atomic mass is 9.48. The molecule has 0 unspecified atom stereocenters. The van der Waals surface area contributed by atoms with Crippen LogP contribution in [0.5, 0.6) is 0 Å². The first-order valence-corrected chi connectivity index (χ1v) is 14.0. The Morgan fingerprint density at radius 2 is 1.41 bits per heavy atom. The highest BCUT2D eigenvalue weighted by Crippen LogP contribution is 2.60. The molecule has 0 spiro atoms. The zero-order valence-corrected chi connectivity index (χ0v) is 20.2.